The number of hydrogen-bond acceptors (Lipinski definition) is 3. The first-order valence-corrected chi connectivity index (χ1v) is 12.5. The molecule has 9 heteroatoms. The first kappa shape index (κ1) is 23.3. The standard InChI is InChI=1S/C21H22BrCl2N3O2S/c1-4-17-19(12-25-30(28,29)13(2)3)26-27(20-10-9-16(23)11-18(20)24)21(17)14-5-7-15(22)8-6-14/h5-11,13,25H,4,12H2,1-3H3. The van der Waals surface area contributed by atoms with E-state index >= 15 is 0 Å². The fraction of sp³-hybridized carbons (Fsp3) is 0.286. The van der Waals surface area contributed by atoms with E-state index in [-0.39, 0.29) is 6.54 Å². The van der Waals surface area contributed by atoms with Crippen LogP contribution in [0.1, 0.15) is 32.0 Å². The van der Waals surface area contributed by atoms with Crippen LogP contribution in [0, 0.1) is 0 Å². The Morgan fingerprint density at radius 2 is 1.80 bits per heavy atom. The highest BCUT2D eigenvalue weighted by Crippen LogP contribution is 2.34. The lowest BCUT2D eigenvalue weighted by molar-refractivity contribution is 0.570. The van der Waals surface area contributed by atoms with Gasteiger partial charge in [-0.05, 0) is 50.6 Å². The van der Waals surface area contributed by atoms with E-state index in [2.05, 4.69) is 20.7 Å². The quantitative estimate of drug-likeness (QED) is 0.407. The van der Waals surface area contributed by atoms with Gasteiger partial charge in [-0.3, -0.25) is 0 Å². The van der Waals surface area contributed by atoms with Crippen LogP contribution in [0.15, 0.2) is 46.9 Å². The third-order valence-electron chi connectivity index (χ3n) is 4.74. The topological polar surface area (TPSA) is 64.0 Å². The number of benzene rings is 2. The van der Waals surface area contributed by atoms with Gasteiger partial charge < -0.3 is 0 Å². The largest absolute Gasteiger partial charge is 0.231 e. The second-order valence-electron chi connectivity index (χ2n) is 7.06. The Hall–Kier alpha value is -1.38. The zero-order valence-electron chi connectivity index (χ0n) is 16.8. The summed E-state index contributed by atoms with van der Waals surface area (Å²) in [5.74, 6) is 0. The van der Waals surface area contributed by atoms with Gasteiger partial charge in [-0.1, -0.05) is 58.2 Å². The molecule has 0 aliphatic heterocycles. The van der Waals surface area contributed by atoms with Gasteiger partial charge >= 0.3 is 0 Å². The van der Waals surface area contributed by atoms with Crippen molar-refractivity contribution in [2.24, 2.45) is 0 Å². The second-order valence-corrected chi connectivity index (χ2v) is 11.1. The molecule has 0 unspecified atom stereocenters. The Morgan fingerprint density at radius 3 is 2.37 bits per heavy atom. The summed E-state index contributed by atoms with van der Waals surface area (Å²) >= 11 is 16.0. The van der Waals surface area contributed by atoms with E-state index in [0.717, 1.165) is 21.3 Å². The van der Waals surface area contributed by atoms with Crippen molar-refractivity contribution in [1.82, 2.24) is 14.5 Å². The van der Waals surface area contributed by atoms with Crippen LogP contribution in [0.3, 0.4) is 0 Å². The van der Waals surface area contributed by atoms with E-state index in [1.165, 1.54) is 0 Å². The van der Waals surface area contributed by atoms with E-state index < -0.39 is 15.3 Å². The summed E-state index contributed by atoms with van der Waals surface area (Å²) in [4.78, 5) is 0. The fourth-order valence-electron chi connectivity index (χ4n) is 3.08. The predicted molar refractivity (Wildman–Crippen MR) is 127 cm³/mol. The molecule has 3 aromatic rings. The normalized spacial score (nSPS) is 12.0. The molecule has 1 N–H and O–H groups in total. The first-order valence-electron chi connectivity index (χ1n) is 9.44. The minimum atomic E-state index is -3.42. The van der Waals surface area contributed by atoms with Crippen molar-refractivity contribution in [1.29, 1.82) is 0 Å². The number of nitrogens with zero attached hydrogens (tertiary/aromatic N) is 2. The van der Waals surface area contributed by atoms with E-state index in [0.29, 0.717) is 27.8 Å². The van der Waals surface area contributed by atoms with Crippen molar-refractivity contribution in [3.63, 3.8) is 0 Å². The zero-order chi connectivity index (χ0) is 22.1. The van der Waals surface area contributed by atoms with Crippen LogP contribution in [0.5, 0.6) is 0 Å². The highest BCUT2D eigenvalue weighted by atomic mass is 79.9. The molecule has 0 amide bonds. The van der Waals surface area contributed by atoms with Crippen molar-refractivity contribution in [3.05, 3.63) is 68.2 Å². The second kappa shape index (κ2) is 9.40. The van der Waals surface area contributed by atoms with Crippen molar-refractivity contribution >= 4 is 49.2 Å². The molecule has 3 rings (SSSR count). The summed E-state index contributed by atoms with van der Waals surface area (Å²) in [6.07, 6.45) is 0.676. The highest BCUT2D eigenvalue weighted by Gasteiger charge is 2.23. The summed E-state index contributed by atoms with van der Waals surface area (Å²) < 4.78 is 29.9. The Bertz CT molecular complexity index is 1160. The van der Waals surface area contributed by atoms with Crippen molar-refractivity contribution < 1.29 is 8.42 Å². The molecule has 160 valence electrons. The average molecular weight is 531 g/mol. The Labute approximate surface area is 195 Å². The summed E-state index contributed by atoms with van der Waals surface area (Å²) in [5.41, 5.74) is 4.10. The van der Waals surface area contributed by atoms with Crippen molar-refractivity contribution in [2.75, 3.05) is 0 Å². The molecule has 30 heavy (non-hydrogen) atoms. The summed E-state index contributed by atoms with van der Waals surface area (Å²) in [6.45, 7) is 5.41. The highest BCUT2D eigenvalue weighted by molar-refractivity contribution is 9.10. The SMILES string of the molecule is CCc1c(CNS(=O)(=O)C(C)C)nn(-c2ccc(Cl)cc2Cl)c1-c1ccc(Br)cc1. The Balaban J connectivity index is 2.19. The molecule has 1 heterocycles. The maximum absolute atomic E-state index is 12.3. The van der Waals surface area contributed by atoms with Gasteiger partial charge in [-0.25, -0.2) is 17.8 Å². The average Bonchev–Trinajstić information content (AvgIpc) is 3.05. The van der Waals surface area contributed by atoms with Gasteiger partial charge in [0.15, 0.2) is 0 Å². The molecule has 0 spiro atoms. The van der Waals surface area contributed by atoms with Gasteiger partial charge in [0.25, 0.3) is 0 Å². The van der Waals surface area contributed by atoms with E-state index in [4.69, 9.17) is 28.3 Å². The lowest BCUT2D eigenvalue weighted by Gasteiger charge is -2.11. The maximum atomic E-state index is 12.3. The van der Waals surface area contributed by atoms with Gasteiger partial charge in [0, 0.05) is 20.6 Å². The number of halogens is 3. The number of sulfonamides is 1. The monoisotopic (exact) mass is 529 g/mol. The molecule has 5 nitrogen and oxygen atoms in total. The Kier molecular flexibility index (Phi) is 7.30. The van der Waals surface area contributed by atoms with Gasteiger partial charge in [0.05, 0.1) is 33.9 Å². The number of hydrogen-bond donors (Lipinski definition) is 1. The molecule has 0 aliphatic rings. The van der Waals surface area contributed by atoms with Gasteiger partial charge in [-0.15, -0.1) is 0 Å². The minimum Gasteiger partial charge on any atom is -0.231 e. The fourth-order valence-corrected chi connectivity index (χ4v) is 4.50. The molecule has 0 fully saturated rings. The van der Waals surface area contributed by atoms with E-state index in [1.807, 2.05) is 37.3 Å². The number of nitrogens with one attached hydrogen (secondary N) is 1. The molecular weight excluding hydrogens is 509 g/mol. The maximum Gasteiger partial charge on any atom is 0.214 e. The minimum absolute atomic E-state index is 0.103. The number of aromatic nitrogens is 2. The summed E-state index contributed by atoms with van der Waals surface area (Å²) in [7, 11) is -3.42. The van der Waals surface area contributed by atoms with Crippen LogP contribution in [0.25, 0.3) is 16.9 Å². The van der Waals surface area contributed by atoms with Crippen molar-refractivity contribution in [2.45, 2.75) is 39.0 Å². The van der Waals surface area contributed by atoms with E-state index in [1.54, 1.807) is 30.7 Å². The van der Waals surface area contributed by atoms with Crippen LogP contribution in [0.4, 0.5) is 0 Å². The third-order valence-corrected chi connectivity index (χ3v) is 7.59. The van der Waals surface area contributed by atoms with Crippen LogP contribution < -0.4 is 4.72 Å². The van der Waals surface area contributed by atoms with Gasteiger partial charge in [0.2, 0.25) is 10.0 Å². The lowest BCUT2D eigenvalue weighted by Crippen LogP contribution is -2.30. The number of rotatable bonds is 7. The lowest BCUT2D eigenvalue weighted by atomic mass is 10.0. The third kappa shape index (κ3) is 4.92. The molecule has 0 aliphatic carbocycles. The van der Waals surface area contributed by atoms with Crippen molar-refractivity contribution in [3.8, 4) is 16.9 Å². The van der Waals surface area contributed by atoms with Gasteiger partial charge in [0.1, 0.15) is 0 Å². The Morgan fingerprint density at radius 1 is 1.13 bits per heavy atom. The molecule has 0 bridgehead atoms. The predicted octanol–water partition coefficient (Wildman–Crippen LogP) is 6.00. The van der Waals surface area contributed by atoms with E-state index in [9.17, 15) is 8.42 Å². The molecule has 0 saturated carbocycles. The molecule has 1 aromatic heterocycles. The van der Waals surface area contributed by atoms with Crippen LogP contribution in [-0.2, 0) is 23.0 Å². The molecule has 0 saturated heterocycles. The molecule has 2 aromatic carbocycles. The van der Waals surface area contributed by atoms with Crippen LogP contribution in [0.2, 0.25) is 10.0 Å². The summed E-state index contributed by atoms with van der Waals surface area (Å²) in [5, 5.41) is 5.21. The first-order chi connectivity index (χ1) is 14.1. The molecule has 0 radical (unpaired) electrons. The smallest absolute Gasteiger partial charge is 0.214 e. The summed E-state index contributed by atoms with van der Waals surface area (Å²) in [6, 6.07) is 13.1. The van der Waals surface area contributed by atoms with Crippen LogP contribution >= 0.6 is 39.1 Å². The van der Waals surface area contributed by atoms with Gasteiger partial charge in [-0.2, -0.15) is 5.10 Å². The molecule has 0 atom stereocenters. The van der Waals surface area contributed by atoms with Crippen LogP contribution in [-0.4, -0.2) is 23.4 Å². The molecular formula is C21H22BrCl2N3O2S. The zero-order valence-corrected chi connectivity index (χ0v) is 20.7.